The van der Waals surface area contributed by atoms with E-state index < -0.39 is 0 Å². The van der Waals surface area contributed by atoms with E-state index in [0.29, 0.717) is 12.7 Å². The molecule has 0 bridgehead atoms. The summed E-state index contributed by atoms with van der Waals surface area (Å²) >= 11 is 0. The molecule has 1 aliphatic rings. The van der Waals surface area contributed by atoms with Crippen LogP contribution in [-0.2, 0) is 4.74 Å². The summed E-state index contributed by atoms with van der Waals surface area (Å²) in [6.45, 7) is 0.644. The summed E-state index contributed by atoms with van der Waals surface area (Å²) in [4.78, 5) is 2.29. The van der Waals surface area contributed by atoms with Gasteiger partial charge in [0.15, 0.2) is 0 Å². The maximum absolute atomic E-state index is 8.60. The lowest BCUT2D eigenvalue weighted by Crippen LogP contribution is -2.34. The highest BCUT2D eigenvalue weighted by molar-refractivity contribution is 4.77. The molecule has 0 radical (unpaired) electrons. The van der Waals surface area contributed by atoms with Crippen LogP contribution in [0.25, 0.3) is 0 Å². The van der Waals surface area contributed by atoms with E-state index >= 15 is 0 Å². The van der Waals surface area contributed by atoms with Crippen LogP contribution in [-0.4, -0.2) is 49.5 Å². The zero-order valence-corrected chi connectivity index (χ0v) is 8.70. The van der Waals surface area contributed by atoms with Gasteiger partial charge in [-0.15, -0.1) is 0 Å². The molecule has 0 heterocycles. The summed E-state index contributed by atoms with van der Waals surface area (Å²) in [5.41, 5.74) is 0. The second-order valence-electron chi connectivity index (χ2n) is 3.99. The van der Waals surface area contributed by atoms with Crippen LogP contribution in [0.1, 0.15) is 25.7 Å². The number of aliphatic hydroxyl groups is 1. The Kier molecular flexibility index (Phi) is 4.70. The molecule has 0 aromatic rings. The van der Waals surface area contributed by atoms with Gasteiger partial charge in [-0.3, -0.25) is 0 Å². The van der Waals surface area contributed by atoms with Gasteiger partial charge in [-0.05, 0) is 39.8 Å². The van der Waals surface area contributed by atoms with Crippen LogP contribution in [0, 0.1) is 0 Å². The molecular weight excluding hydrogens is 166 g/mol. The largest absolute Gasteiger partial charge is 0.394 e. The summed E-state index contributed by atoms with van der Waals surface area (Å²) in [6, 6.07) is 0.731. The predicted molar refractivity (Wildman–Crippen MR) is 52.8 cm³/mol. The van der Waals surface area contributed by atoms with Gasteiger partial charge in [-0.1, -0.05) is 0 Å². The Labute approximate surface area is 80.7 Å². The fraction of sp³-hybridized carbons (Fsp3) is 1.00. The van der Waals surface area contributed by atoms with Gasteiger partial charge in [0.2, 0.25) is 0 Å². The van der Waals surface area contributed by atoms with Gasteiger partial charge < -0.3 is 14.7 Å². The fourth-order valence-electron chi connectivity index (χ4n) is 1.95. The molecule has 3 heteroatoms. The van der Waals surface area contributed by atoms with E-state index in [-0.39, 0.29) is 6.61 Å². The molecule has 0 spiro atoms. The molecule has 3 nitrogen and oxygen atoms in total. The molecule has 0 atom stereocenters. The third kappa shape index (κ3) is 3.63. The zero-order chi connectivity index (χ0) is 9.68. The number of hydrogen-bond donors (Lipinski definition) is 1. The van der Waals surface area contributed by atoms with Crippen LogP contribution in [0.5, 0.6) is 0 Å². The summed E-state index contributed by atoms with van der Waals surface area (Å²) in [7, 11) is 4.28. The Morgan fingerprint density at radius 3 is 2.31 bits per heavy atom. The van der Waals surface area contributed by atoms with Crippen molar-refractivity contribution in [3.05, 3.63) is 0 Å². The average molecular weight is 187 g/mol. The Morgan fingerprint density at radius 2 is 1.85 bits per heavy atom. The lowest BCUT2D eigenvalue weighted by atomic mass is 9.92. The monoisotopic (exact) mass is 187 g/mol. The first-order valence-electron chi connectivity index (χ1n) is 5.13. The third-order valence-electron chi connectivity index (χ3n) is 2.82. The first kappa shape index (κ1) is 11.0. The Morgan fingerprint density at radius 1 is 1.23 bits per heavy atom. The summed E-state index contributed by atoms with van der Waals surface area (Å²) in [6.07, 6.45) is 5.13. The first-order valence-corrected chi connectivity index (χ1v) is 5.13. The molecule has 1 rings (SSSR count). The Bertz CT molecular complexity index is 131. The van der Waals surface area contributed by atoms with E-state index in [1.165, 1.54) is 12.8 Å². The van der Waals surface area contributed by atoms with Gasteiger partial charge in [0.1, 0.15) is 0 Å². The second kappa shape index (κ2) is 5.58. The SMILES string of the molecule is CN(C)C1CCC(OCCO)CC1. The van der Waals surface area contributed by atoms with Gasteiger partial charge in [-0.25, -0.2) is 0 Å². The zero-order valence-electron chi connectivity index (χ0n) is 8.70. The van der Waals surface area contributed by atoms with Crippen molar-refractivity contribution in [1.82, 2.24) is 4.90 Å². The highest BCUT2D eigenvalue weighted by Crippen LogP contribution is 2.23. The quantitative estimate of drug-likeness (QED) is 0.709. The van der Waals surface area contributed by atoms with Gasteiger partial charge in [0.25, 0.3) is 0 Å². The molecule has 1 saturated carbocycles. The van der Waals surface area contributed by atoms with Crippen molar-refractivity contribution in [2.75, 3.05) is 27.3 Å². The lowest BCUT2D eigenvalue weighted by Gasteiger charge is -2.32. The molecule has 1 fully saturated rings. The summed E-state index contributed by atoms with van der Waals surface area (Å²) in [5.74, 6) is 0. The second-order valence-corrected chi connectivity index (χ2v) is 3.99. The van der Waals surface area contributed by atoms with Gasteiger partial charge in [0.05, 0.1) is 19.3 Å². The van der Waals surface area contributed by atoms with E-state index in [9.17, 15) is 0 Å². The fourth-order valence-corrected chi connectivity index (χ4v) is 1.95. The average Bonchev–Trinajstić information content (AvgIpc) is 2.15. The van der Waals surface area contributed by atoms with Crippen LogP contribution in [0.2, 0.25) is 0 Å². The molecule has 0 aromatic heterocycles. The molecular formula is C10H21NO2. The maximum atomic E-state index is 8.60. The summed E-state index contributed by atoms with van der Waals surface area (Å²) in [5, 5.41) is 8.60. The van der Waals surface area contributed by atoms with E-state index in [4.69, 9.17) is 9.84 Å². The van der Waals surface area contributed by atoms with E-state index in [1.54, 1.807) is 0 Å². The molecule has 0 aromatic carbocycles. The van der Waals surface area contributed by atoms with Crippen LogP contribution < -0.4 is 0 Å². The first-order chi connectivity index (χ1) is 6.24. The standard InChI is InChI=1S/C10H21NO2/c1-11(2)9-3-5-10(6-4-9)13-8-7-12/h9-10,12H,3-8H2,1-2H3. The van der Waals surface area contributed by atoms with Crippen molar-refractivity contribution >= 4 is 0 Å². The Balaban J connectivity index is 2.15. The molecule has 78 valence electrons. The van der Waals surface area contributed by atoms with E-state index in [0.717, 1.165) is 18.9 Å². The number of ether oxygens (including phenoxy) is 1. The topological polar surface area (TPSA) is 32.7 Å². The third-order valence-corrected chi connectivity index (χ3v) is 2.82. The van der Waals surface area contributed by atoms with Crippen molar-refractivity contribution in [1.29, 1.82) is 0 Å². The number of hydrogen-bond acceptors (Lipinski definition) is 3. The minimum atomic E-state index is 0.146. The number of nitrogens with zero attached hydrogens (tertiary/aromatic N) is 1. The number of rotatable bonds is 4. The van der Waals surface area contributed by atoms with Crippen LogP contribution in [0.3, 0.4) is 0 Å². The van der Waals surface area contributed by atoms with Gasteiger partial charge in [-0.2, -0.15) is 0 Å². The maximum Gasteiger partial charge on any atom is 0.0701 e. The van der Waals surface area contributed by atoms with E-state index in [2.05, 4.69) is 19.0 Å². The Hall–Kier alpha value is -0.120. The molecule has 0 unspecified atom stereocenters. The smallest absolute Gasteiger partial charge is 0.0701 e. The van der Waals surface area contributed by atoms with Crippen molar-refractivity contribution < 1.29 is 9.84 Å². The minimum Gasteiger partial charge on any atom is -0.394 e. The molecule has 1 aliphatic carbocycles. The van der Waals surface area contributed by atoms with Crippen molar-refractivity contribution in [3.63, 3.8) is 0 Å². The molecule has 13 heavy (non-hydrogen) atoms. The highest BCUT2D eigenvalue weighted by Gasteiger charge is 2.22. The normalized spacial score (nSPS) is 29.5. The van der Waals surface area contributed by atoms with Crippen LogP contribution in [0.4, 0.5) is 0 Å². The molecule has 0 aliphatic heterocycles. The van der Waals surface area contributed by atoms with Crippen molar-refractivity contribution in [2.45, 2.75) is 37.8 Å². The lowest BCUT2D eigenvalue weighted by molar-refractivity contribution is -0.00301. The molecule has 1 N–H and O–H groups in total. The van der Waals surface area contributed by atoms with Crippen molar-refractivity contribution in [2.24, 2.45) is 0 Å². The van der Waals surface area contributed by atoms with Crippen molar-refractivity contribution in [3.8, 4) is 0 Å². The van der Waals surface area contributed by atoms with Crippen LogP contribution in [0.15, 0.2) is 0 Å². The highest BCUT2D eigenvalue weighted by atomic mass is 16.5. The molecule has 0 amide bonds. The van der Waals surface area contributed by atoms with E-state index in [1.807, 2.05) is 0 Å². The predicted octanol–water partition coefficient (Wildman–Crippen LogP) is 0.868. The van der Waals surface area contributed by atoms with Gasteiger partial charge in [0, 0.05) is 6.04 Å². The summed E-state index contributed by atoms with van der Waals surface area (Å²) < 4.78 is 5.49. The van der Waals surface area contributed by atoms with Crippen LogP contribution >= 0.6 is 0 Å². The number of aliphatic hydroxyl groups excluding tert-OH is 1. The van der Waals surface area contributed by atoms with Gasteiger partial charge >= 0.3 is 0 Å². The molecule has 0 saturated heterocycles. The minimum absolute atomic E-state index is 0.146.